The van der Waals surface area contributed by atoms with Crippen LogP contribution in [0.15, 0.2) is 53.1 Å². The van der Waals surface area contributed by atoms with Crippen LogP contribution in [0.25, 0.3) is 0 Å². The zero-order valence-electron chi connectivity index (χ0n) is 14.5. The second kappa shape index (κ2) is 8.01. The van der Waals surface area contributed by atoms with E-state index in [1.165, 1.54) is 11.8 Å². The Hall–Kier alpha value is -2.56. The molecule has 3 rings (SSSR count). The van der Waals surface area contributed by atoms with Crippen LogP contribution in [-0.4, -0.2) is 35.3 Å². The molecular weight excluding hydrogens is 316 g/mol. The number of nitrogens with zero attached hydrogens (tertiary/aromatic N) is 1. The molecule has 2 aromatic rings. The van der Waals surface area contributed by atoms with Gasteiger partial charge >= 0.3 is 0 Å². The molecule has 1 saturated heterocycles. The van der Waals surface area contributed by atoms with Crippen molar-refractivity contribution in [2.75, 3.05) is 6.54 Å². The molecule has 2 unspecified atom stereocenters. The lowest BCUT2D eigenvalue weighted by atomic mass is 9.95. The van der Waals surface area contributed by atoms with E-state index in [-0.39, 0.29) is 23.6 Å². The predicted octanol–water partition coefficient (Wildman–Crippen LogP) is 3.02. The fraction of sp³-hybridized carbons (Fsp3) is 0.400. The Morgan fingerprint density at radius 2 is 2.00 bits per heavy atom. The van der Waals surface area contributed by atoms with E-state index < -0.39 is 6.04 Å². The Balaban J connectivity index is 1.64. The third-order valence-electron chi connectivity index (χ3n) is 4.69. The van der Waals surface area contributed by atoms with E-state index in [1.54, 1.807) is 19.1 Å². The number of benzene rings is 1. The van der Waals surface area contributed by atoms with Crippen molar-refractivity contribution in [3.63, 3.8) is 0 Å². The van der Waals surface area contributed by atoms with Gasteiger partial charge in [0.2, 0.25) is 5.91 Å². The standard InChI is InChI=1S/C20H24N2O3/c1-15(21-19(23)18-11-7-13-25-18)20(24)22-12-6-5-10-17(22)14-16-8-3-2-4-9-16/h2-4,7-9,11,13,15,17H,5-6,10,12,14H2,1H3,(H,21,23). The molecule has 0 bridgehead atoms. The number of likely N-dealkylation sites (tertiary alicyclic amines) is 1. The summed E-state index contributed by atoms with van der Waals surface area (Å²) in [7, 11) is 0. The number of carbonyl (C=O) groups excluding carboxylic acids is 2. The van der Waals surface area contributed by atoms with Crippen molar-refractivity contribution < 1.29 is 14.0 Å². The molecular formula is C20H24N2O3. The van der Waals surface area contributed by atoms with Crippen LogP contribution in [0.5, 0.6) is 0 Å². The summed E-state index contributed by atoms with van der Waals surface area (Å²) < 4.78 is 5.08. The largest absolute Gasteiger partial charge is 0.459 e. The highest BCUT2D eigenvalue weighted by Crippen LogP contribution is 2.21. The van der Waals surface area contributed by atoms with Crippen molar-refractivity contribution >= 4 is 11.8 Å². The number of piperidine rings is 1. The number of hydrogen-bond acceptors (Lipinski definition) is 3. The van der Waals surface area contributed by atoms with Gasteiger partial charge in [-0.1, -0.05) is 30.3 Å². The molecule has 2 atom stereocenters. The van der Waals surface area contributed by atoms with E-state index in [9.17, 15) is 9.59 Å². The summed E-state index contributed by atoms with van der Waals surface area (Å²) in [6.45, 7) is 2.48. The van der Waals surface area contributed by atoms with Gasteiger partial charge in [-0.05, 0) is 50.3 Å². The molecule has 1 aliphatic rings. The smallest absolute Gasteiger partial charge is 0.287 e. The van der Waals surface area contributed by atoms with Gasteiger partial charge in [-0.15, -0.1) is 0 Å². The van der Waals surface area contributed by atoms with Gasteiger partial charge < -0.3 is 14.6 Å². The molecule has 5 nitrogen and oxygen atoms in total. The number of carbonyl (C=O) groups is 2. The average molecular weight is 340 g/mol. The normalized spacial score (nSPS) is 18.6. The molecule has 2 heterocycles. The summed E-state index contributed by atoms with van der Waals surface area (Å²) in [6, 6.07) is 13.1. The highest BCUT2D eigenvalue weighted by molar-refractivity contribution is 5.95. The van der Waals surface area contributed by atoms with Gasteiger partial charge in [-0.25, -0.2) is 0 Å². The van der Waals surface area contributed by atoms with Crippen molar-refractivity contribution in [3.8, 4) is 0 Å². The van der Waals surface area contributed by atoms with E-state index in [0.29, 0.717) is 0 Å². The Morgan fingerprint density at radius 1 is 1.20 bits per heavy atom. The van der Waals surface area contributed by atoms with Gasteiger partial charge in [0, 0.05) is 12.6 Å². The molecule has 2 amide bonds. The van der Waals surface area contributed by atoms with Crippen LogP contribution in [-0.2, 0) is 11.2 Å². The first-order valence-electron chi connectivity index (χ1n) is 8.84. The van der Waals surface area contributed by atoms with Gasteiger partial charge in [0.15, 0.2) is 5.76 Å². The summed E-state index contributed by atoms with van der Waals surface area (Å²) in [6.07, 6.45) is 5.44. The van der Waals surface area contributed by atoms with E-state index in [2.05, 4.69) is 17.4 Å². The van der Waals surface area contributed by atoms with Crippen LogP contribution in [0.1, 0.15) is 42.3 Å². The van der Waals surface area contributed by atoms with E-state index in [0.717, 1.165) is 32.2 Å². The second-order valence-corrected chi connectivity index (χ2v) is 6.54. The molecule has 0 radical (unpaired) electrons. The summed E-state index contributed by atoms with van der Waals surface area (Å²) >= 11 is 0. The first kappa shape index (κ1) is 17.3. The van der Waals surface area contributed by atoms with Crippen molar-refractivity contribution in [1.82, 2.24) is 10.2 Å². The minimum atomic E-state index is -0.575. The first-order chi connectivity index (χ1) is 12.1. The van der Waals surface area contributed by atoms with Crippen molar-refractivity contribution in [2.24, 2.45) is 0 Å². The molecule has 0 aliphatic carbocycles. The lowest BCUT2D eigenvalue weighted by Crippen LogP contribution is -2.52. The number of rotatable bonds is 5. The summed E-state index contributed by atoms with van der Waals surface area (Å²) in [5, 5.41) is 2.74. The fourth-order valence-electron chi connectivity index (χ4n) is 3.38. The average Bonchev–Trinajstić information content (AvgIpc) is 3.17. The molecule has 25 heavy (non-hydrogen) atoms. The number of hydrogen-bond donors (Lipinski definition) is 1. The molecule has 0 spiro atoms. The van der Waals surface area contributed by atoms with Gasteiger partial charge in [-0.2, -0.15) is 0 Å². The zero-order valence-corrected chi connectivity index (χ0v) is 14.5. The Labute approximate surface area is 148 Å². The topological polar surface area (TPSA) is 62.6 Å². The Morgan fingerprint density at radius 3 is 2.72 bits per heavy atom. The first-order valence-corrected chi connectivity index (χ1v) is 8.84. The van der Waals surface area contributed by atoms with Crippen molar-refractivity contribution in [1.29, 1.82) is 0 Å². The van der Waals surface area contributed by atoms with Crippen LogP contribution in [0, 0.1) is 0 Å². The Bertz CT molecular complexity index is 697. The van der Waals surface area contributed by atoms with Gasteiger partial charge in [0.05, 0.1) is 6.26 Å². The van der Waals surface area contributed by atoms with Crippen LogP contribution in [0.2, 0.25) is 0 Å². The minimum Gasteiger partial charge on any atom is -0.459 e. The van der Waals surface area contributed by atoms with Crippen LogP contribution in [0.3, 0.4) is 0 Å². The lowest BCUT2D eigenvalue weighted by Gasteiger charge is -2.37. The van der Waals surface area contributed by atoms with Crippen molar-refractivity contribution in [2.45, 2.75) is 44.7 Å². The van der Waals surface area contributed by atoms with E-state index in [1.807, 2.05) is 23.1 Å². The molecule has 1 fully saturated rings. The van der Waals surface area contributed by atoms with Gasteiger partial charge in [0.25, 0.3) is 5.91 Å². The van der Waals surface area contributed by atoms with Crippen LogP contribution >= 0.6 is 0 Å². The van der Waals surface area contributed by atoms with E-state index in [4.69, 9.17) is 4.42 Å². The predicted molar refractivity (Wildman–Crippen MR) is 95.1 cm³/mol. The molecule has 1 N–H and O–H groups in total. The quantitative estimate of drug-likeness (QED) is 0.910. The third-order valence-corrected chi connectivity index (χ3v) is 4.69. The molecule has 0 saturated carbocycles. The van der Waals surface area contributed by atoms with Crippen LogP contribution in [0.4, 0.5) is 0 Å². The van der Waals surface area contributed by atoms with E-state index >= 15 is 0 Å². The molecule has 132 valence electrons. The molecule has 1 aromatic heterocycles. The van der Waals surface area contributed by atoms with Gasteiger partial charge in [0.1, 0.15) is 6.04 Å². The van der Waals surface area contributed by atoms with Gasteiger partial charge in [-0.3, -0.25) is 9.59 Å². The highest BCUT2D eigenvalue weighted by Gasteiger charge is 2.30. The monoisotopic (exact) mass is 340 g/mol. The lowest BCUT2D eigenvalue weighted by molar-refractivity contribution is -0.136. The maximum Gasteiger partial charge on any atom is 0.287 e. The summed E-state index contributed by atoms with van der Waals surface area (Å²) in [4.78, 5) is 26.9. The molecule has 5 heteroatoms. The fourth-order valence-corrected chi connectivity index (χ4v) is 3.38. The maximum atomic E-state index is 12.9. The minimum absolute atomic E-state index is 0.0273. The van der Waals surface area contributed by atoms with Crippen molar-refractivity contribution in [3.05, 3.63) is 60.1 Å². The maximum absolute atomic E-state index is 12.9. The Kier molecular flexibility index (Phi) is 5.53. The summed E-state index contributed by atoms with van der Waals surface area (Å²) in [5.41, 5.74) is 1.24. The SMILES string of the molecule is CC(NC(=O)c1ccco1)C(=O)N1CCCCC1Cc1ccccc1. The number of amides is 2. The molecule has 1 aliphatic heterocycles. The number of furan rings is 1. The zero-order chi connectivity index (χ0) is 17.6. The number of nitrogens with one attached hydrogen (secondary N) is 1. The summed E-state index contributed by atoms with van der Waals surface area (Å²) in [5.74, 6) is -0.165. The molecule has 1 aromatic carbocycles. The highest BCUT2D eigenvalue weighted by atomic mass is 16.3. The second-order valence-electron chi connectivity index (χ2n) is 6.54. The van der Waals surface area contributed by atoms with Crippen LogP contribution < -0.4 is 5.32 Å². The third kappa shape index (κ3) is 4.29.